The smallest absolute Gasteiger partial charge is 0.151 e. The summed E-state index contributed by atoms with van der Waals surface area (Å²) >= 11 is 3.29. The van der Waals surface area contributed by atoms with Gasteiger partial charge in [0.2, 0.25) is 0 Å². The molecule has 6 rings (SSSR count). The highest BCUT2D eigenvalue weighted by Crippen LogP contribution is 2.42. The van der Waals surface area contributed by atoms with Gasteiger partial charge in [-0.2, -0.15) is 10.5 Å². The van der Waals surface area contributed by atoms with Crippen molar-refractivity contribution in [1.82, 2.24) is 0 Å². The summed E-state index contributed by atoms with van der Waals surface area (Å²) in [7, 11) is 3.32. The first kappa shape index (κ1) is 28.6. The summed E-state index contributed by atoms with van der Waals surface area (Å²) in [4.78, 5) is 6.46. The van der Waals surface area contributed by atoms with E-state index >= 15 is 0 Å². The maximum absolute atomic E-state index is 10.1. The van der Waals surface area contributed by atoms with Crippen molar-refractivity contribution in [1.29, 1.82) is 10.5 Å². The summed E-state index contributed by atoms with van der Waals surface area (Å²) in [6.45, 7) is 0. The van der Waals surface area contributed by atoms with E-state index in [9.17, 15) is 15.6 Å². The number of ether oxygens (including phenoxy) is 2. The number of hydrogen-bond acceptors (Lipinski definition) is 8. The largest absolute Gasteiger partial charge is 0.505 e. The van der Waals surface area contributed by atoms with E-state index in [0.717, 1.165) is 59.2 Å². The first-order chi connectivity index (χ1) is 21.5. The van der Waals surface area contributed by atoms with Gasteiger partial charge in [0.15, 0.2) is 5.75 Å². The topological polar surface area (TPSA) is 89.5 Å². The van der Waals surface area contributed by atoms with E-state index in [-0.39, 0.29) is 16.9 Å². The Morgan fingerprint density at radius 1 is 0.545 bits per heavy atom. The Balaban J connectivity index is 1.28. The fourth-order valence-electron chi connectivity index (χ4n) is 4.88. The molecule has 0 aliphatic carbocycles. The third-order valence-electron chi connectivity index (χ3n) is 7.16. The van der Waals surface area contributed by atoms with Gasteiger partial charge in [-0.3, -0.25) is 0 Å². The van der Waals surface area contributed by atoms with Crippen LogP contribution in [0.5, 0.6) is 17.2 Å². The average Bonchev–Trinajstić information content (AvgIpc) is 3.77. The first-order valence-corrected chi connectivity index (χ1v) is 15.2. The Hall–Kier alpha value is -5.54. The molecule has 6 nitrogen and oxygen atoms in total. The molecule has 0 bridgehead atoms. The maximum Gasteiger partial charge on any atom is 0.151 e. The van der Waals surface area contributed by atoms with Gasteiger partial charge in [-0.15, -0.1) is 22.7 Å². The third-order valence-corrected chi connectivity index (χ3v) is 9.63. The van der Waals surface area contributed by atoms with Gasteiger partial charge >= 0.3 is 0 Å². The molecule has 1 N–H and O–H groups in total. The molecule has 0 saturated heterocycles. The molecule has 0 spiro atoms. The standard InChI is InChI=1S/C36H25N3O3S2/c1-41-30-11-7-28(8-12-30)39(29-9-13-31(42-2)14-10-29)27-5-3-23(4-6-27)32-15-17-34(43-32)35-18-16-33(44-35)24-19-25(21-37)36(40)26(20-24)22-38/h3-20,40H,1-2H3. The zero-order valence-electron chi connectivity index (χ0n) is 23.8. The predicted molar refractivity (Wildman–Crippen MR) is 177 cm³/mol. The summed E-state index contributed by atoms with van der Waals surface area (Å²) in [6.07, 6.45) is 0. The lowest BCUT2D eigenvalue weighted by atomic mass is 10.0. The number of nitrogens with zero attached hydrogens (tertiary/aromatic N) is 3. The Kier molecular flexibility index (Phi) is 8.03. The Morgan fingerprint density at radius 3 is 1.34 bits per heavy atom. The summed E-state index contributed by atoms with van der Waals surface area (Å²) in [5.74, 6) is 1.32. The molecule has 0 unspecified atom stereocenters. The van der Waals surface area contributed by atoms with Crippen LogP contribution >= 0.6 is 22.7 Å². The van der Waals surface area contributed by atoms with E-state index in [1.54, 1.807) is 49.0 Å². The van der Waals surface area contributed by atoms with E-state index < -0.39 is 0 Å². The highest BCUT2D eigenvalue weighted by Gasteiger charge is 2.16. The lowest BCUT2D eigenvalue weighted by Gasteiger charge is -2.26. The normalized spacial score (nSPS) is 10.5. The number of phenols is 1. The number of aromatic hydroxyl groups is 1. The zero-order chi connectivity index (χ0) is 30.6. The lowest BCUT2D eigenvalue weighted by molar-refractivity contribution is 0.415. The minimum absolute atomic E-state index is 0.0911. The van der Waals surface area contributed by atoms with E-state index in [4.69, 9.17) is 9.47 Å². The molecule has 0 fully saturated rings. The van der Waals surface area contributed by atoms with Gasteiger partial charge in [-0.25, -0.2) is 0 Å². The quantitative estimate of drug-likeness (QED) is 0.184. The second-order valence-corrected chi connectivity index (χ2v) is 11.9. The molecule has 0 radical (unpaired) electrons. The number of benzene rings is 4. The molecule has 2 heterocycles. The van der Waals surface area contributed by atoms with Crippen molar-refractivity contribution in [3.05, 3.63) is 120 Å². The molecular weight excluding hydrogens is 587 g/mol. The van der Waals surface area contributed by atoms with Crippen molar-refractivity contribution in [2.24, 2.45) is 0 Å². The number of hydrogen-bond donors (Lipinski definition) is 1. The third kappa shape index (κ3) is 5.60. The van der Waals surface area contributed by atoms with Gasteiger partial charge in [-0.05, 0) is 108 Å². The molecule has 0 aliphatic rings. The summed E-state index contributed by atoms with van der Waals surface area (Å²) in [5, 5.41) is 28.9. The van der Waals surface area contributed by atoms with Crippen LogP contribution in [0.3, 0.4) is 0 Å². The van der Waals surface area contributed by atoms with Gasteiger partial charge in [0.1, 0.15) is 23.6 Å². The number of thiophene rings is 2. The number of rotatable bonds is 8. The van der Waals surface area contributed by atoms with Crippen molar-refractivity contribution >= 4 is 39.7 Å². The second kappa shape index (κ2) is 12.4. The molecule has 0 saturated carbocycles. The van der Waals surface area contributed by atoms with Crippen molar-refractivity contribution in [3.8, 4) is 60.0 Å². The molecule has 6 aromatic rings. The molecule has 0 atom stereocenters. The van der Waals surface area contributed by atoms with Crippen molar-refractivity contribution in [3.63, 3.8) is 0 Å². The van der Waals surface area contributed by atoms with Crippen LogP contribution in [0.4, 0.5) is 17.1 Å². The SMILES string of the molecule is COc1ccc(N(c2ccc(OC)cc2)c2ccc(-c3ccc(-c4ccc(-c5cc(C#N)c(O)c(C#N)c5)s4)s3)cc2)cc1. The monoisotopic (exact) mass is 611 g/mol. The molecule has 44 heavy (non-hydrogen) atoms. The molecule has 2 aromatic heterocycles. The van der Waals surface area contributed by atoms with Crippen LogP contribution in [-0.4, -0.2) is 19.3 Å². The predicted octanol–water partition coefficient (Wildman–Crippen LogP) is 9.75. The molecule has 8 heteroatoms. The van der Waals surface area contributed by atoms with E-state index in [0.29, 0.717) is 0 Å². The molecule has 0 aliphatic heterocycles. The second-order valence-electron chi connectivity index (χ2n) is 9.75. The Labute approximate surface area is 263 Å². The van der Waals surface area contributed by atoms with Crippen LogP contribution in [0.15, 0.2) is 109 Å². The number of nitriles is 2. The molecule has 4 aromatic carbocycles. The minimum Gasteiger partial charge on any atom is -0.505 e. The summed E-state index contributed by atoms with van der Waals surface area (Å²) < 4.78 is 10.7. The van der Waals surface area contributed by atoms with Gasteiger partial charge in [0.25, 0.3) is 0 Å². The van der Waals surface area contributed by atoms with Gasteiger partial charge < -0.3 is 19.5 Å². The zero-order valence-corrected chi connectivity index (χ0v) is 25.4. The van der Waals surface area contributed by atoms with Crippen LogP contribution in [0, 0.1) is 22.7 Å². The van der Waals surface area contributed by atoms with Crippen molar-refractivity contribution < 1.29 is 14.6 Å². The summed E-state index contributed by atoms with van der Waals surface area (Å²) in [5.41, 5.74) is 5.06. The fourth-order valence-corrected chi connectivity index (χ4v) is 6.98. The van der Waals surface area contributed by atoms with Crippen LogP contribution in [0.25, 0.3) is 30.6 Å². The van der Waals surface area contributed by atoms with Gasteiger partial charge in [0, 0.05) is 36.6 Å². The Morgan fingerprint density at radius 2 is 0.932 bits per heavy atom. The fraction of sp³-hybridized carbons (Fsp3) is 0.0556. The minimum atomic E-state index is -0.277. The molecule has 0 amide bonds. The van der Waals surface area contributed by atoms with Crippen LogP contribution < -0.4 is 14.4 Å². The van der Waals surface area contributed by atoms with E-state index in [1.165, 1.54) is 0 Å². The maximum atomic E-state index is 10.1. The number of phenolic OH excluding ortho intramolecular Hbond substituents is 1. The van der Waals surface area contributed by atoms with Gasteiger partial charge in [-0.1, -0.05) is 12.1 Å². The highest BCUT2D eigenvalue weighted by atomic mass is 32.1. The van der Waals surface area contributed by atoms with Crippen LogP contribution in [-0.2, 0) is 0 Å². The summed E-state index contributed by atoms with van der Waals surface area (Å²) in [6, 6.07) is 39.9. The first-order valence-electron chi connectivity index (χ1n) is 13.6. The van der Waals surface area contributed by atoms with E-state index in [1.807, 2.05) is 72.8 Å². The number of anilines is 3. The van der Waals surface area contributed by atoms with Crippen molar-refractivity contribution in [2.75, 3.05) is 19.1 Å². The number of methoxy groups -OCH3 is 2. The van der Waals surface area contributed by atoms with Crippen LogP contribution in [0.1, 0.15) is 11.1 Å². The van der Waals surface area contributed by atoms with Gasteiger partial charge in [0.05, 0.1) is 25.3 Å². The Bertz CT molecular complexity index is 1930. The van der Waals surface area contributed by atoms with E-state index in [2.05, 4.69) is 41.3 Å². The van der Waals surface area contributed by atoms with Crippen molar-refractivity contribution in [2.45, 2.75) is 0 Å². The molecular formula is C36H25N3O3S2. The van der Waals surface area contributed by atoms with Crippen LogP contribution in [0.2, 0.25) is 0 Å². The lowest BCUT2D eigenvalue weighted by Crippen LogP contribution is -2.09. The highest BCUT2D eigenvalue weighted by molar-refractivity contribution is 7.25. The molecule has 214 valence electrons. The average molecular weight is 612 g/mol.